The van der Waals surface area contributed by atoms with Crippen LogP contribution in [0.15, 0.2) is 22.3 Å². The van der Waals surface area contributed by atoms with Crippen molar-refractivity contribution in [1.82, 2.24) is 25.0 Å². The number of hydrogen-bond acceptors (Lipinski definition) is 7. The van der Waals surface area contributed by atoms with Gasteiger partial charge in [-0.25, -0.2) is 15.0 Å². The van der Waals surface area contributed by atoms with Gasteiger partial charge in [-0.3, -0.25) is 4.79 Å². The minimum absolute atomic E-state index is 0.0324. The second kappa shape index (κ2) is 6.60. The van der Waals surface area contributed by atoms with E-state index in [1.54, 1.807) is 11.7 Å². The fourth-order valence-electron chi connectivity index (χ4n) is 3.44. The molecular formula is C18H19N5O2S. The van der Waals surface area contributed by atoms with Crippen molar-refractivity contribution < 1.29 is 9.32 Å². The highest BCUT2D eigenvalue weighted by atomic mass is 32.1. The number of carbonyl (C=O) groups excluding carboxylic acids is 1. The van der Waals surface area contributed by atoms with Gasteiger partial charge >= 0.3 is 0 Å². The van der Waals surface area contributed by atoms with Crippen LogP contribution in [-0.4, -0.2) is 37.5 Å². The van der Waals surface area contributed by atoms with Crippen molar-refractivity contribution in [3.8, 4) is 11.4 Å². The van der Waals surface area contributed by atoms with Crippen LogP contribution in [0.3, 0.4) is 0 Å². The van der Waals surface area contributed by atoms with E-state index in [-0.39, 0.29) is 11.9 Å². The summed E-state index contributed by atoms with van der Waals surface area (Å²) in [6.07, 6.45) is 3.59. The van der Waals surface area contributed by atoms with Crippen molar-refractivity contribution in [2.45, 2.75) is 39.7 Å². The lowest BCUT2D eigenvalue weighted by Crippen LogP contribution is -2.31. The predicted octanol–water partition coefficient (Wildman–Crippen LogP) is 3.49. The van der Waals surface area contributed by atoms with E-state index in [2.05, 4.69) is 15.1 Å². The Kier molecular flexibility index (Phi) is 4.28. The molecule has 1 atom stereocenters. The van der Waals surface area contributed by atoms with Gasteiger partial charge in [0.25, 0.3) is 5.91 Å². The molecule has 0 radical (unpaired) electrons. The van der Waals surface area contributed by atoms with Crippen molar-refractivity contribution in [3.63, 3.8) is 0 Å². The molecule has 1 amide bonds. The smallest absolute Gasteiger partial charge is 0.266 e. The molecule has 1 unspecified atom stereocenters. The zero-order valence-electron chi connectivity index (χ0n) is 14.9. The Morgan fingerprint density at radius 1 is 1.27 bits per heavy atom. The van der Waals surface area contributed by atoms with E-state index >= 15 is 0 Å². The van der Waals surface area contributed by atoms with Gasteiger partial charge in [-0.15, -0.1) is 11.3 Å². The highest BCUT2D eigenvalue weighted by Gasteiger charge is 2.33. The zero-order chi connectivity index (χ0) is 18.3. The summed E-state index contributed by atoms with van der Waals surface area (Å²) in [5, 5.41) is 3.98. The van der Waals surface area contributed by atoms with Gasteiger partial charge in [0, 0.05) is 12.7 Å². The molecule has 1 fully saturated rings. The van der Waals surface area contributed by atoms with Crippen LogP contribution in [0, 0.1) is 20.8 Å². The summed E-state index contributed by atoms with van der Waals surface area (Å²) in [6, 6.07) is 1.84. The number of likely N-dealkylation sites (tertiary alicyclic amines) is 1. The lowest BCUT2D eigenvalue weighted by molar-refractivity contribution is 0.0737. The van der Waals surface area contributed by atoms with Crippen molar-refractivity contribution in [2.24, 2.45) is 0 Å². The third-order valence-corrected chi connectivity index (χ3v) is 5.65. The molecular weight excluding hydrogens is 350 g/mol. The van der Waals surface area contributed by atoms with Crippen molar-refractivity contribution in [3.05, 3.63) is 45.5 Å². The monoisotopic (exact) mass is 369 g/mol. The molecule has 134 valence electrons. The Morgan fingerprint density at radius 3 is 2.81 bits per heavy atom. The molecule has 0 aromatic carbocycles. The number of carbonyl (C=O) groups is 1. The van der Waals surface area contributed by atoms with E-state index in [0.29, 0.717) is 16.5 Å². The molecule has 3 aromatic rings. The first-order valence-electron chi connectivity index (χ1n) is 8.53. The topological polar surface area (TPSA) is 85.0 Å². The first kappa shape index (κ1) is 16.8. The van der Waals surface area contributed by atoms with Crippen LogP contribution in [0.25, 0.3) is 11.4 Å². The summed E-state index contributed by atoms with van der Waals surface area (Å²) in [6.45, 7) is 6.32. The van der Waals surface area contributed by atoms with E-state index in [4.69, 9.17) is 9.51 Å². The SMILES string of the molecule is Cc1ncsc1C(=O)N1CCCC1c1ccnc(-c2c(C)noc2C)n1. The zero-order valence-corrected chi connectivity index (χ0v) is 15.7. The van der Waals surface area contributed by atoms with Crippen LogP contribution in [0.4, 0.5) is 0 Å². The number of rotatable bonds is 3. The van der Waals surface area contributed by atoms with E-state index < -0.39 is 0 Å². The molecule has 8 heteroatoms. The van der Waals surface area contributed by atoms with Crippen LogP contribution in [0.5, 0.6) is 0 Å². The second-order valence-electron chi connectivity index (χ2n) is 6.43. The average Bonchev–Trinajstić information content (AvgIpc) is 3.35. The average molecular weight is 369 g/mol. The number of amides is 1. The van der Waals surface area contributed by atoms with Crippen LogP contribution in [0.1, 0.15) is 51.4 Å². The Labute approximate surface area is 155 Å². The molecule has 0 bridgehead atoms. The van der Waals surface area contributed by atoms with Crippen LogP contribution < -0.4 is 0 Å². The molecule has 0 N–H and O–H groups in total. The predicted molar refractivity (Wildman–Crippen MR) is 96.9 cm³/mol. The standard InChI is InChI=1S/C18H19N5O2S/c1-10-15(12(3)25-22-10)17-19-7-6-13(21-17)14-5-4-8-23(14)18(24)16-11(2)20-9-26-16/h6-7,9,14H,4-5,8H2,1-3H3. The summed E-state index contributed by atoms with van der Waals surface area (Å²) in [5.74, 6) is 1.32. The molecule has 26 heavy (non-hydrogen) atoms. The van der Waals surface area contributed by atoms with Gasteiger partial charge in [-0.1, -0.05) is 5.16 Å². The third kappa shape index (κ3) is 2.80. The molecule has 1 aliphatic heterocycles. The Bertz CT molecular complexity index is 945. The Hall–Kier alpha value is -2.61. The molecule has 4 rings (SSSR count). The molecule has 7 nitrogen and oxygen atoms in total. The van der Waals surface area contributed by atoms with Gasteiger partial charge in [-0.2, -0.15) is 0 Å². The van der Waals surface area contributed by atoms with Gasteiger partial charge in [0.05, 0.1) is 34.2 Å². The first-order chi connectivity index (χ1) is 12.6. The first-order valence-corrected chi connectivity index (χ1v) is 9.41. The van der Waals surface area contributed by atoms with Crippen LogP contribution >= 0.6 is 11.3 Å². The van der Waals surface area contributed by atoms with Crippen LogP contribution in [0.2, 0.25) is 0 Å². The Morgan fingerprint density at radius 2 is 2.12 bits per heavy atom. The van der Waals surface area contributed by atoms with Crippen molar-refractivity contribution >= 4 is 17.2 Å². The molecule has 1 aliphatic rings. The molecule has 0 saturated carbocycles. The minimum atomic E-state index is -0.0498. The van der Waals surface area contributed by atoms with Crippen molar-refractivity contribution in [1.29, 1.82) is 0 Å². The molecule has 0 aliphatic carbocycles. The molecule has 3 aromatic heterocycles. The molecule has 1 saturated heterocycles. The van der Waals surface area contributed by atoms with E-state index in [1.807, 2.05) is 31.7 Å². The molecule has 0 spiro atoms. The quantitative estimate of drug-likeness (QED) is 0.702. The maximum atomic E-state index is 13.0. The highest BCUT2D eigenvalue weighted by Crippen LogP contribution is 2.34. The summed E-state index contributed by atoms with van der Waals surface area (Å²) in [7, 11) is 0. The summed E-state index contributed by atoms with van der Waals surface area (Å²) >= 11 is 1.39. The fraction of sp³-hybridized carbons (Fsp3) is 0.389. The highest BCUT2D eigenvalue weighted by molar-refractivity contribution is 7.11. The lowest BCUT2D eigenvalue weighted by atomic mass is 10.1. The van der Waals surface area contributed by atoms with Gasteiger partial charge < -0.3 is 9.42 Å². The van der Waals surface area contributed by atoms with E-state index in [9.17, 15) is 4.79 Å². The number of thiazole rings is 1. The normalized spacial score (nSPS) is 17.0. The fourth-order valence-corrected chi connectivity index (χ4v) is 4.19. The minimum Gasteiger partial charge on any atom is -0.361 e. The number of aryl methyl sites for hydroxylation is 3. The Balaban J connectivity index is 1.68. The third-order valence-electron chi connectivity index (χ3n) is 4.73. The number of hydrogen-bond donors (Lipinski definition) is 0. The van der Waals surface area contributed by atoms with Crippen LogP contribution in [-0.2, 0) is 0 Å². The van der Waals surface area contributed by atoms with Crippen molar-refractivity contribution in [2.75, 3.05) is 6.54 Å². The number of aromatic nitrogens is 4. The number of nitrogens with zero attached hydrogens (tertiary/aromatic N) is 5. The van der Waals surface area contributed by atoms with Gasteiger partial charge in [0.1, 0.15) is 10.6 Å². The summed E-state index contributed by atoms with van der Waals surface area (Å²) in [5.41, 5.74) is 4.93. The second-order valence-corrected chi connectivity index (χ2v) is 7.28. The maximum Gasteiger partial charge on any atom is 0.266 e. The van der Waals surface area contributed by atoms with Gasteiger partial charge in [0.2, 0.25) is 0 Å². The van der Waals surface area contributed by atoms with Gasteiger partial charge in [-0.05, 0) is 39.7 Å². The van der Waals surface area contributed by atoms with E-state index in [1.165, 1.54) is 11.3 Å². The maximum absolute atomic E-state index is 13.0. The largest absolute Gasteiger partial charge is 0.361 e. The summed E-state index contributed by atoms with van der Waals surface area (Å²) in [4.78, 5) is 28.9. The lowest BCUT2D eigenvalue weighted by Gasteiger charge is -2.24. The summed E-state index contributed by atoms with van der Waals surface area (Å²) < 4.78 is 5.24. The van der Waals surface area contributed by atoms with Gasteiger partial charge in [0.15, 0.2) is 5.82 Å². The molecule has 4 heterocycles. The van der Waals surface area contributed by atoms with E-state index in [0.717, 1.165) is 42.0 Å².